The van der Waals surface area contributed by atoms with Gasteiger partial charge in [0.15, 0.2) is 0 Å². The summed E-state index contributed by atoms with van der Waals surface area (Å²) >= 11 is 0. The van der Waals surface area contributed by atoms with Crippen LogP contribution in [0.25, 0.3) is 0 Å². The van der Waals surface area contributed by atoms with E-state index >= 15 is 0 Å². The van der Waals surface area contributed by atoms with Crippen LogP contribution in [-0.2, 0) is 20.9 Å². The number of rotatable bonds is 6. The molecule has 9 nitrogen and oxygen atoms in total. The second-order valence-electron chi connectivity index (χ2n) is 7.10. The molecule has 0 saturated carbocycles. The van der Waals surface area contributed by atoms with E-state index in [1.54, 1.807) is 29.2 Å². The summed E-state index contributed by atoms with van der Waals surface area (Å²) < 4.78 is 6.80. The molecule has 1 aromatic carbocycles. The molecule has 29 heavy (non-hydrogen) atoms. The van der Waals surface area contributed by atoms with E-state index in [1.165, 1.54) is 18.5 Å². The molecule has 0 spiro atoms. The number of aromatic nitrogens is 2. The average molecular weight is 400 g/mol. The summed E-state index contributed by atoms with van der Waals surface area (Å²) in [4.78, 5) is 38.0. The van der Waals surface area contributed by atoms with Crippen LogP contribution in [-0.4, -0.2) is 44.6 Å². The minimum absolute atomic E-state index is 0.123. The molecule has 1 aliphatic rings. The van der Waals surface area contributed by atoms with Gasteiger partial charge in [0.25, 0.3) is 5.91 Å². The van der Waals surface area contributed by atoms with E-state index in [9.17, 15) is 19.7 Å². The molecule has 1 unspecified atom stereocenters. The molecule has 0 N–H and O–H groups in total. The Morgan fingerprint density at radius 3 is 2.41 bits per heavy atom. The molecule has 2 heterocycles. The van der Waals surface area contributed by atoms with Gasteiger partial charge >= 0.3 is 11.7 Å². The molecule has 1 amide bonds. The van der Waals surface area contributed by atoms with Gasteiger partial charge in [-0.2, -0.15) is 5.10 Å². The van der Waals surface area contributed by atoms with Crippen LogP contribution in [0.15, 0.2) is 30.3 Å². The molecule has 1 fully saturated rings. The first-order chi connectivity index (χ1) is 13.9. The van der Waals surface area contributed by atoms with E-state index in [2.05, 4.69) is 5.10 Å². The summed E-state index contributed by atoms with van der Waals surface area (Å²) in [6.07, 6.45) is 1.89. The van der Waals surface area contributed by atoms with E-state index in [4.69, 9.17) is 4.74 Å². The zero-order chi connectivity index (χ0) is 21.0. The fraction of sp³-hybridized carbons (Fsp3) is 0.450. The van der Waals surface area contributed by atoms with Crippen molar-refractivity contribution in [2.75, 3.05) is 13.1 Å². The quantitative estimate of drug-likeness (QED) is 0.419. The third-order valence-electron chi connectivity index (χ3n) is 5.05. The Morgan fingerprint density at radius 1 is 1.17 bits per heavy atom. The van der Waals surface area contributed by atoms with Crippen molar-refractivity contribution in [3.05, 3.63) is 57.4 Å². The summed E-state index contributed by atoms with van der Waals surface area (Å²) in [5.41, 5.74) is 0.963. The van der Waals surface area contributed by atoms with Crippen molar-refractivity contribution in [3.8, 4) is 0 Å². The summed E-state index contributed by atoms with van der Waals surface area (Å²) in [7, 11) is 0. The number of amides is 1. The highest BCUT2D eigenvalue weighted by molar-refractivity contribution is 5.85. The van der Waals surface area contributed by atoms with Crippen molar-refractivity contribution in [2.24, 2.45) is 0 Å². The van der Waals surface area contributed by atoms with Crippen LogP contribution in [0.4, 0.5) is 5.69 Å². The highest BCUT2D eigenvalue weighted by Crippen LogP contribution is 2.24. The normalized spacial score (nSPS) is 15.0. The second-order valence-corrected chi connectivity index (χ2v) is 7.10. The van der Waals surface area contributed by atoms with E-state index in [0.717, 1.165) is 19.3 Å². The molecule has 0 aliphatic carbocycles. The Labute approximate surface area is 168 Å². The second kappa shape index (κ2) is 8.85. The van der Waals surface area contributed by atoms with Crippen LogP contribution in [0.1, 0.15) is 42.3 Å². The van der Waals surface area contributed by atoms with Crippen LogP contribution in [0.2, 0.25) is 0 Å². The number of carbonyl (C=O) groups is 2. The summed E-state index contributed by atoms with van der Waals surface area (Å²) in [6.45, 7) is 4.02. The number of hydrogen-bond acceptors (Lipinski definition) is 6. The summed E-state index contributed by atoms with van der Waals surface area (Å²) in [6, 6.07) is 8.87. The fourth-order valence-electron chi connectivity index (χ4n) is 3.57. The smallest absolute Gasteiger partial charge is 0.328 e. The van der Waals surface area contributed by atoms with Crippen LogP contribution in [0, 0.1) is 24.0 Å². The molecular weight excluding hydrogens is 376 g/mol. The number of hydrogen-bond donors (Lipinski definition) is 0. The largest absolute Gasteiger partial charge is 0.446 e. The first kappa shape index (κ1) is 20.5. The lowest BCUT2D eigenvalue weighted by Crippen LogP contribution is -2.40. The maximum atomic E-state index is 13.0. The van der Waals surface area contributed by atoms with Crippen molar-refractivity contribution >= 4 is 17.6 Å². The van der Waals surface area contributed by atoms with Crippen molar-refractivity contribution in [2.45, 2.75) is 45.8 Å². The number of likely N-dealkylation sites (tertiary alicyclic amines) is 1. The van der Waals surface area contributed by atoms with Crippen molar-refractivity contribution in [3.63, 3.8) is 0 Å². The Hall–Kier alpha value is -3.23. The van der Waals surface area contributed by atoms with Crippen LogP contribution in [0.5, 0.6) is 0 Å². The van der Waals surface area contributed by atoms with Crippen LogP contribution >= 0.6 is 0 Å². The lowest BCUT2D eigenvalue weighted by molar-refractivity contribution is -0.386. The predicted molar refractivity (Wildman–Crippen MR) is 104 cm³/mol. The van der Waals surface area contributed by atoms with Crippen molar-refractivity contribution in [1.82, 2.24) is 14.7 Å². The maximum Gasteiger partial charge on any atom is 0.328 e. The number of nitro groups is 1. The standard InChI is InChI=1S/C20H24N4O5/c1-14-18(24(27)28)15(2)23(21-14)13-17(25)29-19(16-9-5-3-6-10-16)20(26)22-11-7-4-8-12-22/h3,5-6,9-10,19H,4,7-8,11-13H2,1-2H3. The van der Waals surface area contributed by atoms with Gasteiger partial charge in [0.1, 0.15) is 17.9 Å². The number of ether oxygens (including phenoxy) is 1. The molecule has 1 aliphatic heterocycles. The van der Waals surface area contributed by atoms with Gasteiger partial charge in [-0.1, -0.05) is 30.3 Å². The highest BCUT2D eigenvalue weighted by Gasteiger charge is 2.31. The first-order valence-corrected chi connectivity index (χ1v) is 9.60. The average Bonchev–Trinajstić information content (AvgIpc) is 3.00. The predicted octanol–water partition coefficient (Wildman–Crippen LogP) is 2.71. The first-order valence-electron chi connectivity index (χ1n) is 9.60. The Balaban J connectivity index is 1.79. The van der Waals surface area contributed by atoms with E-state index < -0.39 is 17.0 Å². The molecule has 1 atom stereocenters. The number of aryl methyl sites for hydroxylation is 1. The van der Waals surface area contributed by atoms with Crippen molar-refractivity contribution in [1.29, 1.82) is 0 Å². The zero-order valence-electron chi connectivity index (χ0n) is 16.5. The minimum atomic E-state index is -1.05. The monoisotopic (exact) mass is 400 g/mol. The van der Waals surface area contributed by atoms with Gasteiger partial charge < -0.3 is 9.64 Å². The maximum absolute atomic E-state index is 13.0. The molecule has 1 saturated heterocycles. The molecule has 0 radical (unpaired) electrons. The fourth-order valence-corrected chi connectivity index (χ4v) is 3.57. The third-order valence-corrected chi connectivity index (χ3v) is 5.05. The Kier molecular flexibility index (Phi) is 6.26. The number of carbonyl (C=O) groups excluding carboxylic acids is 2. The SMILES string of the molecule is Cc1nn(CC(=O)OC(C(=O)N2CCCCC2)c2ccccc2)c(C)c1[N+](=O)[O-]. The molecule has 1 aromatic heterocycles. The molecule has 3 rings (SSSR count). The highest BCUT2D eigenvalue weighted by atomic mass is 16.6. The van der Waals surface area contributed by atoms with Gasteiger partial charge in [-0.25, -0.2) is 0 Å². The molecule has 0 bridgehead atoms. The molecule has 9 heteroatoms. The van der Waals surface area contributed by atoms with Crippen LogP contribution in [0.3, 0.4) is 0 Å². The summed E-state index contributed by atoms with van der Waals surface area (Å²) in [5.74, 6) is -0.923. The molecule has 2 aromatic rings. The minimum Gasteiger partial charge on any atom is -0.446 e. The Bertz CT molecular complexity index is 903. The topological polar surface area (TPSA) is 108 Å². The van der Waals surface area contributed by atoms with E-state index in [0.29, 0.717) is 18.7 Å². The number of nitrogens with zero attached hydrogens (tertiary/aromatic N) is 4. The van der Waals surface area contributed by atoms with Gasteiger partial charge in [0.2, 0.25) is 6.10 Å². The molecule has 154 valence electrons. The number of benzene rings is 1. The third kappa shape index (κ3) is 4.61. The van der Waals surface area contributed by atoms with Gasteiger partial charge in [-0.3, -0.25) is 24.4 Å². The van der Waals surface area contributed by atoms with E-state index in [-0.39, 0.29) is 29.5 Å². The molecular formula is C20H24N4O5. The summed E-state index contributed by atoms with van der Waals surface area (Å²) in [5, 5.41) is 15.2. The number of piperidine rings is 1. The number of esters is 1. The van der Waals surface area contributed by atoms with Gasteiger partial charge in [0, 0.05) is 18.7 Å². The van der Waals surface area contributed by atoms with Gasteiger partial charge in [-0.05, 0) is 33.1 Å². The van der Waals surface area contributed by atoms with Crippen molar-refractivity contribution < 1.29 is 19.2 Å². The van der Waals surface area contributed by atoms with E-state index in [1.807, 2.05) is 6.07 Å². The van der Waals surface area contributed by atoms with Crippen LogP contribution < -0.4 is 0 Å². The van der Waals surface area contributed by atoms with Gasteiger partial charge in [0.05, 0.1) is 4.92 Å². The Morgan fingerprint density at radius 2 is 1.83 bits per heavy atom. The lowest BCUT2D eigenvalue weighted by Gasteiger charge is -2.30. The van der Waals surface area contributed by atoms with Gasteiger partial charge in [-0.15, -0.1) is 0 Å². The lowest BCUT2D eigenvalue weighted by atomic mass is 10.1. The zero-order valence-corrected chi connectivity index (χ0v) is 16.5.